The molecule has 0 spiro atoms. The first-order chi connectivity index (χ1) is 21.5. The lowest BCUT2D eigenvalue weighted by molar-refractivity contribution is -0.134. The van der Waals surface area contributed by atoms with E-state index in [9.17, 15) is 14.7 Å². The second-order valence-corrected chi connectivity index (χ2v) is 12.1. The molecule has 6 rings (SSSR count). The van der Waals surface area contributed by atoms with Crippen LogP contribution in [0.2, 0.25) is 0 Å². The molecule has 1 saturated carbocycles. The fourth-order valence-corrected chi connectivity index (χ4v) is 5.91. The van der Waals surface area contributed by atoms with Gasteiger partial charge in [0.2, 0.25) is 5.91 Å². The molecule has 2 aliphatic heterocycles. The number of ether oxygens (including phenoxy) is 3. The van der Waals surface area contributed by atoms with E-state index in [1.54, 1.807) is 35.2 Å². The van der Waals surface area contributed by atoms with Crippen LogP contribution in [0.3, 0.4) is 0 Å². The molecule has 1 aromatic heterocycles. The molecule has 3 fully saturated rings. The van der Waals surface area contributed by atoms with E-state index in [0.29, 0.717) is 75.2 Å². The molecular formula is C35H41N3O6. The summed E-state index contributed by atoms with van der Waals surface area (Å²) < 4.78 is 17.5. The van der Waals surface area contributed by atoms with Gasteiger partial charge >= 0.3 is 0 Å². The molecule has 9 nitrogen and oxygen atoms in total. The lowest BCUT2D eigenvalue weighted by atomic mass is 9.91. The molecule has 3 aromatic rings. The Morgan fingerprint density at radius 1 is 0.886 bits per heavy atom. The summed E-state index contributed by atoms with van der Waals surface area (Å²) in [7, 11) is 1.64. The third-order valence-electron chi connectivity index (χ3n) is 8.75. The van der Waals surface area contributed by atoms with Crippen molar-refractivity contribution >= 4 is 11.8 Å². The number of hydrogen-bond donors (Lipinski definition) is 1. The summed E-state index contributed by atoms with van der Waals surface area (Å²) in [6.45, 7) is 3.14. The fraction of sp³-hybridized carbons (Fsp3) is 0.457. The second kappa shape index (κ2) is 13.7. The highest BCUT2D eigenvalue weighted by Gasteiger charge is 2.33. The van der Waals surface area contributed by atoms with Crippen molar-refractivity contribution in [1.82, 2.24) is 14.8 Å². The van der Waals surface area contributed by atoms with Gasteiger partial charge in [-0.2, -0.15) is 0 Å². The zero-order valence-corrected chi connectivity index (χ0v) is 25.3. The number of aromatic nitrogens is 1. The Morgan fingerprint density at radius 2 is 1.68 bits per heavy atom. The summed E-state index contributed by atoms with van der Waals surface area (Å²) in [4.78, 5) is 33.3. The third kappa shape index (κ3) is 7.33. The minimum absolute atomic E-state index is 0.0410. The summed E-state index contributed by atoms with van der Waals surface area (Å²) in [6.07, 6.45) is 6.25. The summed E-state index contributed by atoms with van der Waals surface area (Å²) in [5.41, 5.74) is 3.98. The maximum Gasteiger partial charge on any atom is 0.272 e. The van der Waals surface area contributed by atoms with E-state index in [2.05, 4.69) is 29.2 Å². The second-order valence-electron chi connectivity index (χ2n) is 12.1. The smallest absolute Gasteiger partial charge is 0.272 e. The molecule has 2 aromatic carbocycles. The number of benzene rings is 2. The first kappa shape index (κ1) is 29.9. The summed E-state index contributed by atoms with van der Waals surface area (Å²) in [5, 5.41) is 9.79. The van der Waals surface area contributed by atoms with E-state index in [0.717, 1.165) is 29.9 Å². The van der Waals surface area contributed by atoms with Crippen LogP contribution in [0, 0.1) is 0 Å². The predicted octanol–water partition coefficient (Wildman–Crippen LogP) is 4.93. The van der Waals surface area contributed by atoms with E-state index in [4.69, 9.17) is 14.2 Å². The van der Waals surface area contributed by atoms with Gasteiger partial charge in [-0.15, -0.1) is 0 Å². The minimum Gasteiger partial charge on any atom is -0.493 e. The van der Waals surface area contributed by atoms with Crippen molar-refractivity contribution in [2.24, 2.45) is 0 Å². The Morgan fingerprint density at radius 3 is 2.43 bits per heavy atom. The molecule has 2 saturated heterocycles. The molecule has 9 heteroatoms. The molecule has 232 valence electrons. The molecule has 0 bridgehead atoms. The number of piperidine rings is 1. The number of rotatable bonds is 12. The highest BCUT2D eigenvalue weighted by Crippen LogP contribution is 2.40. The molecule has 3 aliphatic rings. The van der Waals surface area contributed by atoms with E-state index >= 15 is 0 Å². The van der Waals surface area contributed by atoms with Crippen LogP contribution in [0.1, 0.15) is 77.5 Å². The van der Waals surface area contributed by atoms with Crippen LogP contribution >= 0.6 is 0 Å². The van der Waals surface area contributed by atoms with Gasteiger partial charge in [0.25, 0.3) is 5.91 Å². The van der Waals surface area contributed by atoms with E-state index in [1.165, 1.54) is 18.4 Å². The number of carbonyl (C=O) groups is 2. The molecule has 0 radical (unpaired) electrons. The summed E-state index contributed by atoms with van der Waals surface area (Å²) in [5.74, 6) is 2.79. The molecular weight excluding hydrogens is 558 g/mol. The van der Waals surface area contributed by atoms with Crippen LogP contribution < -0.4 is 14.2 Å². The Labute approximate surface area is 258 Å². The SMILES string of the molecule is COc1cc(C2CN(C(=O)c3cc(OCCCC(=O)N4CCC[C@@H](O)C4)ccn3)C2)ccc1OCc1ccc(C2CC2)cc1. The lowest BCUT2D eigenvalue weighted by Gasteiger charge is -2.39. The fourth-order valence-electron chi connectivity index (χ4n) is 5.91. The number of aliphatic hydroxyl groups excluding tert-OH is 1. The van der Waals surface area contributed by atoms with E-state index in [1.807, 2.05) is 18.2 Å². The molecule has 3 heterocycles. The largest absolute Gasteiger partial charge is 0.493 e. The quantitative estimate of drug-likeness (QED) is 0.295. The van der Waals surface area contributed by atoms with Crippen LogP contribution in [-0.4, -0.2) is 77.7 Å². The average molecular weight is 600 g/mol. The number of likely N-dealkylation sites (tertiary alicyclic amines) is 2. The van der Waals surface area contributed by atoms with Crippen molar-refractivity contribution in [3.05, 3.63) is 83.2 Å². The van der Waals surface area contributed by atoms with Gasteiger partial charge in [-0.05, 0) is 72.9 Å². The van der Waals surface area contributed by atoms with Crippen molar-refractivity contribution in [1.29, 1.82) is 0 Å². The molecule has 0 unspecified atom stereocenters. The van der Waals surface area contributed by atoms with Crippen LogP contribution in [0.5, 0.6) is 17.2 Å². The molecule has 44 heavy (non-hydrogen) atoms. The van der Waals surface area contributed by atoms with Gasteiger partial charge in [0, 0.05) is 50.8 Å². The average Bonchev–Trinajstić information content (AvgIpc) is 3.88. The third-order valence-corrected chi connectivity index (χ3v) is 8.75. The van der Waals surface area contributed by atoms with Crippen molar-refractivity contribution < 1.29 is 28.9 Å². The van der Waals surface area contributed by atoms with Crippen molar-refractivity contribution in [2.75, 3.05) is 39.9 Å². The topological polar surface area (TPSA) is 101 Å². The summed E-state index contributed by atoms with van der Waals surface area (Å²) >= 11 is 0. The number of aliphatic hydroxyl groups is 1. The monoisotopic (exact) mass is 599 g/mol. The van der Waals surface area contributed by atoms with Gasteiger partial charge in [-0.3, -0.25) is 14.6 Å². The van der Waals surface area contributed by atoms with Crippen LogP contribution in [0.4, 0.5) is 0 Å². The van der Waals surface area contributed by atoms with Gasteiger partial charge in [0.1, 0.15) is 18.1 Å². The number of amides is 2. The molecule has 1 N–H and O–H groups in total. The molecule has 1 aliphatic carbocycles. The molecule has 1 atom stereocenters. The number of nitrogens with zero attached hydrogens (tertiary/aromatic N) is 3. The van der Waals surface area contributed by atoms with Crippen LogP contribution in [0.15, 0.2) is 60.8 Å². The predicted molar refractivity (Wildman–Crippen MR) is 165 cm³/mol. The first-order valence-electron chi connectivity index (χ1n) is 15.7. The number of β-amino-alcohol motifs (C(OH)–C–C–N with tert-alkyl or cyclic N) is 1. The maximum atomic E-state index is 13.1. The van der Waals surface area contributed by atoms with Crippen molar-refractivity contribution in [3.8, 4) is 17.2 Å². The van der Waals surface area contributed by atoms with Gasteiger partial charge in [0.15, 0.2) is 11.5 Å². The normalized spacial score (nSPS) is 18.5. The van der Waals surface area contributed by atoms with Crippen LogP contribution in [-0.2, 0) is 11.4 Å². The Kier molecular flexibility index (Phi) is 9.31. The van der Waals surface area contributed by atoms with Crippen molar-refractivity contribution in [2.45, 2.75) is 63.1 Å². The standard InChI is InChI=1S/C35H41N3O6/c1-42-33-18-27(12-13-32(33)44-23-24-6-8-25(9-7-24)26-10-11-26)28-20-38(21-28)35(41)31-19-30(14-15-36-31)43-17-3-5-34(40)37-16-2-4-29(39)22-37/h6-9,12-15,18-19,26,28-29,39H,2-5,10-11,16-17,20-23H2,1H3/t29-/m1/s1. The molecule has 2 amide bonds. The summed E-state index contributed by atoms with van der Waals surface area (Å²) in [6, 6.07) is 18.1. The number of hydrogen-bond acceptors (Lipinski definition) is 7. The van der Waals surface area contributed by atoms with Crippen LogP contribution in [0.25, 0.3) is 0 Å². The van der Waals surface area contributed by atoms with E-state index in [-0.39, 0.29) is 17.7 Å². The van der Waals surface area contributed by atoms with Gasteiger partial charge in [-0.1, -0.05) is 30.3 Å². The Hall–Kier alpha value is -4.11. The minimum atomic E-state index is -0.424. The number of pyridine rings is 1. The van der Waals surface area contributed by atoms with Gasteiger partial charge < -0.3 is 29.1 Å². The Bertz CT molecular complexity index is 1450. The van der Waals surface area contributed by atoms with Gasteiger partial charge in [0.05, 0.1) is 19.8 Å². The lowest BCUT2D eigenvalue weighted by Crippen LogP contribution is -2.48. The zero-order valence-electron chi connectivity index (χ0n) is 25.3. The van der Waals surface area contributed by atoms with Gasteiger partial charge in [-0.25, -0.2) is 0 Å². The zero-order chi connectivity index (χ0) is 30.5. The van der Waals surface area contributed by atoms with E-state index < -0.39 is 6.10 Å². The number of carbonyl (C=O) groups excluding carboxylic acids is 2. The first-order valence-corrected chi connectivity index (χ1v) is 15.7. The Balaban J connectivity index is 0.958. The highest BCUT2D eigenvalue weighted by atomic mass is 16.5. The number of methoxy groups -OCH3 is 1. The highest BCUT2D eigenvalue weighted by molar-refractivity contribution is 5.93. The van der Waals surface area contributed by atoms with Crippen molar-refractivity contribution in [3.63, 3.8) is 0 Å². The maximum absolute atomic E-state index is 13.1.